The van der Waals surface area contributed by atoms with E-state index in [0.717, 1.165) is 30.4 Å². The molecule has 110 heavy (non-hydrogen) atoms. The Labute approximate surface area is 636 Å². The van der Waals surface area contributed by atoms with Gasteiger partial charge in [0.2, 0.25) is 0 Å². The molecule has 0 amide bonds. The molecule has 0 aromatic carbocycles. The van der Waals surface area contributed by atoms with Gasteiger partial charge in [-0.3, -0.25) is 0 Å². The van der Waals surface area contributed by atoms with Gasteiger partial charge >= 0.3 is 29.8 Å². The SMILES string of the molecule is C=CC(=O)O.C=CC(=O)O.C=CC(=O)O.C=CC(=O)O.C=CC(=O)O.OCC(CO)(CO)COCC(CO)(CO)CO.OCC(CO)(CO)COCC(CO)(CO)CO.OCC(CO)(CO)COCC(CO)(CO)CO.OCC(CO)(CO)COCC(CO)(CO)CO.OCC(CO)(CO)COCC(CO)(CO)CO. The van der Waals surface area contributed by atoms with E-state index < -0.39 is 282 Å². The van der Waals surface area contributed by atoms with E-state index in [0.29, 0.717) is 0 Å². The first-order valence-corrected chi connectivity index (χ1v) is 32.1. The topological polar surface area (TPSA) is 840 Å². The van der Waals surface area contributed by atoms with Crippen molar-refractivity contribution in [2.45, 2.75) is 0 Å². The smallest absolute Gasteiger partial charge is 0.327 e. The molecule has 0 aromatic heterocycles. The Hall–Kier alpha value is -5.35. The quantitative estimate of drug-likeness (QED) is 0.0251. The fraction of sp³-hybridized carbons (Fsp3) is 0.769. The molecule has 0 radical (unpaired) electrons. The Morgan fingerprint density at radius 3 is 0.236 bits per heavy atom. The van der Waals surface area contributed by atoms with Crippen LogP contribution in [0.25, 0.3) is 0 Å². The molecule has 0 saturated carbocycles. The molecule has 0 atom stereocenters. The summed E-state index contributed by atoms with van der Waals surface area (Å²) in [7, 11) is 0. The van der Waals surface area contributed by atoms with Gasteiger partial charge in [0.05, 0.1) is 318 Å². The number of hydrogen-bond donors (Lipinski definition) is 35. The van der Waals surface area contributed by atoms with Crippen LogP contribution >= 0.6 is 0 Å². The number of aliphatic hydroxyl groups excluding tert-OH is 30. The van der Waals surface area contributed by atoms with Crippen LogP contribution in [0.2, 0.25) is 0 Å². The van der Waals surface area contributed by atoms with E-state index in [4.69, 9.17) is 202 Å². The van der Waals surface area contributed by atoms with Crippen molar-refractivity contribution in [3.8, 4) is 0 Å². The summed E-state index contributed by atoms with van der Waals surface area (Å²) < 4.78 is 25.8. The summed E-state index contributed by atoms with van der Waals surface area (Å²) in [6, 6.07) is 0. The van der Waals surface area contributed by atoms with Crippen molar-refractivity contribution in [1.82, 2.24) is 0 Å². The lowest BCUT2D eigenvalue weighted by Crippen LogP contribution is -2.43. The minimum Gasteiger partial charge on any atom is -0.478 e. The van der Waals surface area contributed by atoms with Crippen molar-refractivity contribution in [3.63, 3.8) is 0 Å². The zero-order valence-electron chi connectivity index (χ0n) is 61.9. The predicted octanol–water partition coefficient (Wildman–Crippen LogP) is -14.1. The zero-order chi connectivity index (χ0) is 88.2. The van der Waals surface area contributed by atoms with E-state index in [1.54, 1.807) is 0 Å². The number of carboxylic acid groups (broad SMARTS) is 5. The molecule has 0 aliphatic carbocycles. The van der Waals surface area contributed by atoms with Gasteiger partial charge in [0, 0.05) is 30.4 Å². The second-order valence-corrected chi connectivity index (χ2v) is 24.9. The first-order valence-electron chi connectivity index (χ1n) is 32.1. The highest BCUT2D eigenvalue weighted by atomic mass is 16.5. The van der Waals surface area contributed by atoms with Gasteiger partial charge in [0.25, 0.3) is 0 Å². The van der Waals surface area contributed by atoms with Crippen LogP contribution in [0.3, 0.4) is 0 Å². The molecule has 0 rings (SSSR count). The van der Waals surface area contributed by atoms with E-state index in [1.807, 2.05) is 0 Å². The number of hydrogen-bond acceptors (Lipinski definition) is 40. The molecule has 0 bridgehead atoms. The summed E-state index contributed by atoms with van der Waals surface area (Å²) in [5.74, 6) is -4.91. The van der Waals surface area contributed by atoms with Crippen LogP contribution in [0.5, 0.6) is 0 Å². The predicted molar refractivity (Wildman–Crippen MR) is 380 cm³/mol. The average molecular weight is 1630 g/mol. The third kappa shape index (κ3) is 58.5. The van der Waals surface area contributed by atoms with Gasteiger partial charge in [0.15, 0.2) is 0 Å². The van der Waals surface area contributed by atoms with Crippen LogP contribution in [0.15, 0.2) is 63.3 Å². The fourth-order valence-electron chi connectivity index (χ4n) is 5.29. The molecule has 0 unspecified atom stereocenters. The minimum absolute atomic E-state index is 0.141. The average Bonchev–Trinajstić information content (AvgIpc) is 0.889. The number of aliphatic carboxylic acids is 5. The molecule has 0 saturated heterocycles. The molecule has 45 nitrogen and oxygen atoms in total. The Morgan fingerprint density at radius 2 is 0.209 bits per heavy atom. The molecule has 0 aromatic rings. The lowest BCUT2D eigenvalue weighted by Gasteiger charge is -2.31. The highest BCUT2D eigenvalue weighted by Gasteiger charge is 2.38. The van der Waals surface area contributed by atoms with E-state index in [1.165, 1.54) is 0 Å². The molecule has 0 aliphatic heterocycles. The van der Waals surface area contributed by atoms with Crippen LogP contribution < -0.4 is 0 Å². The highest BCUT2D eigenvalue weighted by molar-refractivity contribution is 5.80. The fourth-order valence-corrected chi connectivity index (χ4v) is 5.29. The van der Waals surface area contributed by atoms with Crippen molar-refractivity contribution in [1.29, 1.82) is 0 Å². The van der Waals surface area contributed by atoms with Gasteiger partial charge in [-0.05, 0) is 0 Å². The van der Waals surface area contributed by atoms with Gasteiger partial charge < -0.3 is 202 Å². The molecule has 0 fully saturated rings. The lowest BCUT2D eigenvalue weighted by atomic mass is 9.91. The van der Waals surface area contributed by atoms with Crippen LogP contribution in [-0.2, 0) is 47.7 Å². The highest BCUT2D eigenvalue weighted by Crippen LogP contribution is 2.25. The minimum atomic E-state index is -1.16. The number of ether oxygens (including phenoxy) is 5. The lowest BCUT2D eigenvalue weighted by molar-refractivity contribution is -0.132. The van der Waals surface area contributed by atoms with Crippen LogP contribution in [0, 0.1) is 54.1 Å². The van der Waals surface area contributed by atoms with Crippen LogP contribution in [0.1, 0.15) is 0 Å². The molecule has 0 aliphatic rings. The maximum absolute atomic E-state index is 9.25. The Bertz CT molecular complexity index is 1660. The summed E-state index contributed by atoms with van der Waals surface area (Å²) in [5, 5.41) is 309. The molecule has 35 N–H and O–H groups in total. The normalized spacial score (nSPS) is 11.5. The standard InChI is InChI=1S/5C10H22O7.5C3H4O2/c5*11-1-9(2-12,3-13)7-17-8-10(4-14,5-15)6-16;5*1-2-3(4)5/h5*11-16H,1-8H2;5*2H,1H2,(H,4,5). The first kappa shape index (κ1) is 125. The van der Waals surface area contributed by atoms with Gasteiger partial charge in [-0.25, -0.2) is 24.0 Å². The van der Waals surface area contributed by atoms with Crippen LogP contribution in [-0.4, -0.2) is 473 Å². The Morgan fingerprint density at radius 1 is 0.164 bits per heavy atom. The second-order valence-electron chi connectivity index (χ2n) is 24.9. The third-order valence-corrected chi connectivity index (χ3v) is 15.0. The summed E-state index contributed by atoms with van der Waals surface area (Å²) in [6.07, 6.45) is 4.17. The van der Waals surface area contributed by atoms with E-state index in [9.17, 15) is 24.0 Å². The number of carboxylic acids is 5. The number of rotatable bonds is 55. The van der Waals surface area contributed by atoms with Crippen molar-refractivity contribution >= 4 is 29.8 Å². The van der Waals surface area contributed by atoms with Crippen molar-refractivity contribution in [3.05, 3.63) is 63.3 Å². The van der Waals surface area contributed by atoms with Gasteiger partial charge in [0.1, 0.15) is 0 Å². The molecule has 0 spiro atoms. The summed E-state index contributed by atoms with van der Waals surface area (Å²) >= 11 is 0. The first-order chi connectivity index (χ1) is 51.7. The van der Waals surface area contributed by atoms with Gasteiger partial charge in [-0.15, -0.1) is 0 Å². The van der Waals surface area contributed by atoms with E-state index in [2.05, 4.69) is 32.9 Å². The van der Waals surface area contributed by atoms with Crippen molar-refractivity contribution in [2.24, 2.45) is 54.1 Å². The van der Waals surface area contributed by atoms with E-state index in [-0.39, 0.29) is 66.1 Å². The number of aliphatic hydroxyl groups is 30. The molecule has 660 valence electrons. The Balaban J connectivity index is -0.000000131. The van der Waals surface area contributed by atoms with Gasteiger partial charge in [-0.1, -0.05) is 32.9 Å². The molecular weight excluding hydrogens is 1500 g/mol. The second kappa shape index (κ2) is 76.3. The summed E-state index contributed by atoms with van der Waals surface area (Å²) in [5.41, 5.74) is -11.6. The molecule has 0 heterocycles. The van der Waals surface area contributed by atoms with Crippen molar-refractivity contribution in [2.75, 3.05) is 264 Å². The van der Waals surface area contributed by atoms with Gasteiger partial charge in [-0.2, -0.15) is 0 Å². The summed E-state index contributed by atoms with van der Waals surface area (Å²) in [4.78, 5) is 46.2. The Kier molecular flexibility index (Phi) is 87.0. The maximum Gasteiger partial charge on any atom is 0.327 e. The largest absolute Gasteiger partial charge is 0.478 e. The monoisotopic (exact) mass is 1630 g/mol. The molecular formula is C65H130O45. The number of carbonyl (C=O) groups is 5. The van der Waals surface area contributed by atoms with Crippen molar-refractivity contribution < 1.29 is 226 Å². The maximum atomic E-state index is 9.25. The molecule has 45 heteroatoms. The third-order valence-electron chi connectivity index (χ3n) is 15.0. The van der Waals surface area contributed by atoms with Crippen LogP contribution in [0.4, 0.5) is 0 Å². The van der Waals surface area contributed by atoms with E-state index >= 15 is 0 Å². The summed E-state index contributed by atoms with van der Waals surface area (Å²) in [6.45, 7) is -0.223. The zero-order valence-corrected chi connectivity index (χ0v) is 61.9.